The molecule has 1 aromatic carbocycles. The molecule has 0 bridgehead atoms. The third kappa shape index (κ3) is 3.05. The Morgan fingerprint density at radius 2 is 2.15 bits per heavy atom. The lowest BCUT2D eigenvalue weighted by molar-refractivity contribution is 0.206. The van der Waals surface area contributed by atoms with Gasteiger partial charge in [-0.2, -0.15) is 0 Å². The van der Waals surface area contributed by atoms with Gasteiger partial charge in [0.05, 0.1) is 12.2 Å². The topological polar surface area (TPSA) is 95.9 Å². The second kappa shape index (κ2) is 6.62. The van der Waals surface area contributed by atoms with Crippen LogP contribution in [0.5, 0.6) is 0 Å². The van der Waals surface area contributed by atoms with Crippen molar-refractivity contribution in [3.8, 4) is 0 Å². The maximum atomic E-state index is 12.4. The Balaban J connectivity index is 1.43. The normalized spacial score (nSPS) is 17.0. The molecule has 26 heavy (non-hydrogen) atoms. The van der Waals surface area contributed by atoms with Crippen molar-refractivity contribution in [2.75, 3.05) is 13.1 Å². The summed E-state index contributed by atoms with van der Waals surface area (Å²) in [6, 6.07) is 7.87. The number of aromatic nitrogens is 4. The van der Waals surface area contributed by atoms with E-state index in [0.717, 1.165) is 12.0 Å². The van der Waals surface area contributed by atoms with E-state index >= 15 is 0 Å². The summed E-state index contributed by atoms with van der Waals surface area (Å²) in [6.07, 6.45) is 3.73. The average molecular weight is 352 g/mol. The molecular formula is C18H20N6O2. The summed E-state index contributed by atoms with van der Waals surface area (Å²) < 4.78 is 1.63. The standard InChI is InChI=1S/C18H20N6O2/c1-12-2-4-13(5-3-12)8-20-17(25)23-7-6-14(10-23)24-16-15(22-18(24)26)9-19-11-21-16/h2-5,9,11,14H,6-8,10H2,1H3,(H,20,25)(H,22,26). The predicted octanol–water partition coefficient (Wildman–Crippen LogP) is 1.58. The van der Waals surface area contributed by atoms with E-state index < -0.39 is 0 Å². The Morgan fingerprint density at radius 3 is 2.96 bits per heavy atom. The summed E-state index contributed by atoms with van der Waals surface area (Å²) in [4.78, 5) is 37.3. The summed E-state index contributed by atoms with van der Waals surface area (Å²) >= 11 is 0. The number of amides is 2. The molecule has 1 saturated heterocycles. The van der Waals surface area contributed by atoms with Crippen LogP contribution < -0.4 is 11.0 Å². The minimum atomic E-state index is -0.215. The van der Waals surface area contributed by atoms with Crippen LogP contribution in [0.15, 0.2) is 41.6 Å². The Bertz CT molecular complexity index is 991. The molecule has 1 fully saturated rings. The minimum absolute atomic E-state index is 0.0868. The number of hydrogen-bond acceptors (Lipinski definition) is 4. The van der Waals surface area contributed by atoms with Crippen LogP contribution in [0.3, 0.4) is 0 Å². The highest BCUT2D eigenvalue weighted by atomic mass is 16.2. The molecule has 134 valence electrons. The Kier molecular flexibility index (Phi) is 4.16. The zero-order valence-corrected chi connectivity index (χ0v) is 14.5. The first-order valence-electron chi connectivity index (χ1n) is 8.60. The highest BCUT2D eigenvalue weighted by Gasteiger charge is 2.29. The van der Waals surface area contributed by atoms with Crippen LogP contribution in [-0.2, 0) is 6.54 Å². The molecule has 2 amide bonds. The molecule has 0 aliphatic carbocycles. The molecule has 8 nitrogen and oxygen atoms in total. The Hall–Kier alpha value is -3.16. The van der Waals surface area contributed by atoms with E-state index in [0.29, 0.717) is 30.8 Å². The van der Waals surface area contributed by atoms with Crippen LogP contribution >= 0.6 is 0 Å². The van der Waals surface area contributed by atoms with E-state index in [9.17, 15) is 9.59 Å². The molecule has 0 saturated carbocycles. The third-order valence-corrected chi connectivity index (χ3v) is 4.76. The number of rotatable bonds is 3. The third-order valence-electron chi connectivity index (χ3n) is 4.76. The molecule has 1 atom stereocenters. The highest BCUT2D eigenvalue weighted by molar-refractivity contribution is 5.74. The maximum absolute atomic E-state index is 12.4. The molecular weight excluding hydrogens is 332 g/mol. The number of aromatic amines is 1. The van der Waals surface area contributed by atoms with Gasteiger partial charge in [0, 0.05) is 19.6 Å². The number of H-pyrrole nitrogens is 1. The second-order valence-corrected chi connectivity index (χ2v) is 6.59. The molecule has 3 heterocycles. The fourth-order valence-corrected chi connectivity index (χ4v) is 3.35. The van der Waals surface area contributed by atoms with Crippen molar-refractivity contribution >= 4 is 17.2 Å². The average Bonchev–Trinajstić information content (AvgIpc) is 3.24. The highest BCUT2D eigenvalue weighted by Crippen LogP contribution is 2.22. The van der Waals surface area contributed by atoms with Gasteiger partial charge in [-0.25, -0.2) is 19.6 Å². The number of nitrogens with one attached hydrogen (secondary N) is 2. The van der Waals surface area contributed by atoms with Crippen molar-refractivity contribution in [2.24, 2.45) is 0 Å². The van der Waals surface area contributed by atoms with Gasteiger partial charge in [-0.15, -0.1) is 0 Å². The van der Waals surface area contributed by atoms with Gasteiger partial charge in [0.2, 0.25) is 0 Å². The van der Waals surface area contributed by atoms with Crippen LogP contribution in [0.4, 0.5) is 4.79 Å². The predicted molar refractivity (Wildman–Crippen MR) is 96.8 cm³/mol. The first kappa shape index (κ1) is 16.3. The number of aryl methyl sites for hydroxylation is 1. The summed E-state index contributed by atoms with van der Waals surface area (Å²) in [5.41, 5.74) is 3.23. The van der Waals surface area contributed by atoms with Crippen LogP contribution in [0.2, 0.25) is 0 Å². The molecule has 2 aromatic heterocycles. The first-order chi connectivity index (χ1) is 12.6. The molecule has 0 radical (unpaired) electrons. The summed E-state index contributed by atoms with van der Waals surface area (Å²) in [7, 11) is 0. The monoisotopic (exact) mass is 352 g/mol. The zero-order valence-electron chi connectivity index (χ0n) is 14.5. The number of fused-ring (bicyclic) bond motifs is 1. The molecule has 1 unspecified atom stereocenters. The van der Waals surface area contributed by atoms with Crippen molar-refractivity contribution in [1.29, 1.82) is 0 Å². The van der Waals surface area contributed by atoms with Gasteiger partial charge in [-0.1, -0.05) is 29.8 Å². The number of nitrogens with zero attached hydrogens (tertiary/aromatic N) is 4. The van der Waals surface area contributed by atoms with Crippen LogP contribution in [0, 0.1) is 6.92 Å². The lowest BCUT2D eigenvalue weighted by atomic mass is 10.1. The number of hydrogen-bond donors (Lipinski definition) is 2. The van der Waals surface area contributed by atoms with Gasteiger partial charge in [-0.05, 0) is 18.9 Å². The van der Waals surface area contributed by atoms with Crippen molar-refractivity contribution in [3.63, 3.8) is 0 Å². The first-order valence-corrected chi connectivity index (χ1v) is 8.60. The quantitative estimate of drug-likeness (QED) is 0.748. The Morgan fingerprint density at radius 1 is 1.35 bits per heavy atom. The van der Waals surface area contributed by atoms with Crippen molar-refractivity contribution < 1.29 is 4.79 Å². The summed E-state index contributed by atoms with van der Waals surface area (Å²) in [5.74, 6) is 0. The van der Waals surface area contributed by atoms with Gasteiger partial charge in [0.1, 0.15) is 11.8 Å². The van der Waals surface area contributed by atoms with E-state index in [2.05, 4.69) is 20.3 Å². The van der Waals surface area contributed by atoms with Gasteiger partial charge < -0.3 is 15.2 Å². The summed E-state index contributed by atoms with van der Waals surface area (Å²) in [6.45, 7) is 3.61. The van der Waals surface area contributed by atoms with Crippen molar-refractivity contribution in [1.82, 2.24) is 29.7 Å². The number of likely N-dealkylation sites (tertiary alicyclic amines) is 1. The number of benzene rings is 1. The zero-order chi connectivity index (χ0) is 18.1. The van der Waals surface area contributed by atoms with Crippen LogP contribution in [0.25, 0.3) is 11.2 Å². The minimum Gasteiger partial charge on any atom is -0.334 e. The lowest BCUT2D eigenvalue weighted by Crippen LogP contribution is -2.38. The maximum Gasteiger partial charge on any atom is 0.328 e. The number of carbonyl (C=O) groups is 1. The molecule has 4 rings (SSSR count). The van der Waals surface area contributed by atoms with Crippen molar-refractivity contribution in [3.05, 3.63) is 58.4 Å². The van der Waals surface area contributed by atoms with Crippen LogP contribution in [0.1, 0.15) is 23.6 Å². The van der Waals surface area contributed by atoms with E-state index in [4.69, 9.17) is 0 Å². The van der Waals surface area contributed by atoms with E-state index in [1.165, 1.54) is 11.9 Å². The van der Waals surface area contributed by atoms with Gasteiger partial charge in [0.15, 0.2) is 5.65 Å². The number of imidazole rings is 1. The lowest BCUT2D eigenvalue weighted by Gasteiger charge is -2.18. The SMILES string of the molecule is Cc1ccc(CNC(=O)N2CCC(n3c(=O)[nH]c4cncnc43)C2)cc1. The molecule has 0 spiro atoms. The molecule has 8 heteroatoms. The number of urea groups is 1. The fraction of sp³-hybridized carbons (Fsp3) is 0.333. The molecule has 3 aromatic rings. The molecule has 1 aliphatic rings. The van der Waals surface area contributed by atoms with Gasteiger partial charge in [0.25, 0.3) is 0 Å². The molecule has 2 N–H and O–H groups in total. The van der Waals surface area contributed by atoms with Crippen LogP contribution in [-0.4, -0.2) is 43.5 Å². The number of carbonyl (C=O) groups excluding carboxylic acids is 1. The fourth-order valence-electron chi connectivity index (χ4n) is 3.35. The van der Waals surface area contributed by atoms with Gasteiger partial charge >= 0.3 is 11.7 Å². The van der Waals surface area contributed by atoms with Gasteiger partial charge in [-0.3, -0.25) is 4.57 Å². The summed E-state index contributed by atoms with van der Waals surface area (Å²) in [5, 5.41) is 2.94. The Labute approximate surface area is 149 Å². The van der Waals surface area contributed by atoms with E-state index in [1.54, 1.807) is 15.7 Å². The molecule has 1 aliphatic heterocycles. The smallest absolute Gasteiger partial charge is 0.328 e. The second-order valence-electron chi connectivity index (χ2n) is 6.59. The van der Waals surface area contributed by atoms with E-state index in [-0.39, 0.29) is 17.8 Å². The van der Waals surface area contributed by atoms with E-state index in [1.807, 2.05) is 31.2 Å². The van der Waals surface area contributed by atoms with Crippen molar-refractivity contribution in [2.45, 2.75) is 25.9 Å². The largest absolute Gasteiger partial charge is 0.334 e.